The molecule has 1 aromatic heterocycles. The van der Waals surface area contributed by atoms with Gasteiger partial charge in [0, 0.05) is 17.4 Å². The predicted octanol–water partition coefficient (Wildman–Crippen LogP) is 3.60. The highest BCUT2D eigenvalue weighted by molar-refractivity contribution is 6.32. The zero-order chi connectivity index (χ0) is 14.0. The van der Waals surface area contributed by atoms with E-state index in [0.29, 0.717) is 22.0 Å². The molecule has 0 aliphatic carbocycles. The Morgan fingerprint density at radius 3 is 2.74 bits per heavy atom. The molecule has 5 heteroatoms. The number of nitrogens with two attached hydrogens (primary N) is 1. The number of rotatable bonds is 2. The Hall–Kier alpha value is -2.25. The lowest BCUT2D eigenvalue weighted by Crippen LogP contribution is -1.98. The van der Waals surface area contributed by atoms with Crippen LogP contribution in [0.15, 0.2) is 24.3 Å². The molecular formula is C14H12ClN3O. The highest BCUT2D eigenvalue weighted by atomic mass is 35.5. The molecule has 1 heterocycles. The van der Waals surface area contributed by atoms with Crippen LogP contribution in [0.4, 0.5) is 5.69 Å². The summed E-state index contributed by atoms with van der Waals surface area (Å²) in [5.74, 6) is 0.628. The van der Waals surface area contributed by atoms with E-state index in [-0.39, 0.29) is 5.88 Å². The fraction of sp³-hybridized carbons (Fsp3) is 0.143. The minimum atomic E-state index is 0.243. The summed E-state index contributed by atoms with van der Waals surface area (Å²) in [6.07, 6.45) is 0. The van der Waals surface area contributed by atoms with Crippen molar-refractivity contribution >= 4 is 17.3 Å². The Bertz CT molecular complexity index is 677. The Morgan fingerprint density at radius 2 is 2.05 bits per heavy atom. The van der Waals surface area contributed by atoms with Gasteiger partial charge in [0.05, 0.1) is 5.02 Å². The van der Waals surface area contributed by atoms with Crippen LogP contribution in [0.1, 0.15) is 16.8 Å². The fourth-order valence-electron chi connectivity index (χ4n) is 1.71. The standard InChI is InChI=1S/C14H12ClN3O/c1-8-5-9(2)18-14(11(8)7-16)19-13-6-10(17)3-4-12(13)15/h3-6H,17H2,1-2H3. The quantitative estimate of drug-likeness (QED) is 0.849. The van der Waals surface area contributed by atoms with E-state index < -0.39 is 0 Å². The van der Waals surface area contributed by atoms with Crippen molar-refractivity contribution in [3.8, 4) is 17.7 Å². The van der Waals surface area contributed by atoms with Crippen LogP contribution in [0.2, 0.25) is 5.02 Å². The number of aromatic nitrogens is 1. The molecule has 0 spiro atoms. The summed E-state index contributed by atoms with van der Waals surface area (Å²) in [6.45, 7) is 3.67. The monoisotopic (exact) mass is 273 g/mol. The Balaban J connectivity index is 2.49. The van der Waals surface area contributed by atoms with Crippen LogP contribution < -0.4 is 10.5 Å². The number of nitrogen functional groups attached to an aromatic ring is 1. The molecule has 1 aromatic carbocycles. The highest BCUT2D eigenvalue weighted by Crippen LogP contribution is 2.32. The Morgan fingerprint density at radius 1 is 1.32 bits per heavy atom. The molecule has 2 rings (SSSR count). The molecule has 0 aliphatic heterocycles. The van der Waals surface area contributed by atoms with Gasteiger partial charge in [-0.2, -0.15) is 5.26 Å². The van der Waals surface area contributed by atoms with Gasteiger partial charge in [0.1, 0.15) is 17.4 Å². The highest BCUT2D eigenvalue weighted by Gasteiger charge is 2.12. The van der Waals surface area contributed by atoms with Crippen LogP contribution in [0.25, 0.3) is 0 Å². The van der Waals surface area contributed by atoms with E-state index in [1.54, 1.807) is 18.2 Å². The number of pyridine rings is 1. The van der Waals surface area contributed by atoms with Crippen molar-refractivity contribution in [1.82, 2.24) is 4.98 Å². The van der Waals surface area contributed by atoms with E-state index in [2.05, 4.69) is 11.1 Å². The first-order chi connectivity index (χ1) is 9.01. The molecule has 0 unspecified atom stereocenters. The van der Waals surface area contributed by atoms with Gasteiger partial charge in [0.15, 0.2) is 0 Å². The molecule has 0 bridgehead atoms. The summed E-state index contributed by atoms with van der Waals surface area (Å²) in [5, 5.41) is 9.58. The summed E-state index contributed by atoms with van der Waals surface area (Å²) in [6, 6.07) is 8.83. The summed E-state index contributed by atoms with van der Waals surface area (Å²) in [7, 11) is 0. The number of nitriles is 1. The van der Waals surface area contributed by atoms with Crippen molar-refractivity contribution in [2.75, 3.05) is 5.73 Å². The fourth-order valence-corrected chi connectivity index (χ4v) is 1.87. The summed E-state index contributed by atoms with van der Waals surface area (Å²) < 4.78 is 5.63. The maximum atomic E-state index is 9.16. The van der Waals surface area contributed by atoms with Gasteiger partial charge in [0.25, 0.3) is 0 Å². The normalized spacial score (nSPS) is 10.0. The first kappa shape index (κ1) is 13.2. The van der Waals surface area contributed by atoms with Crippen molar-refractivity contribution in [2.45, 2.75) is 13.8 Å². The largest absolute Gasteiger partial charge is 0.436 e. The average Bonchev–Trinajstić information content (AvgIpc) is 2.33. The maximum absolute atomic E-state index is 9.16. The van der Waals surface area contributed by atoms with Gasteiger partial charge in [0.2, 0.25) is 5.88 Å². The van der Waals surface area contributed by atoms with Crippen LogP contribution in [-0.2, 0) is 0 Å². The molecule has 0 aliphatic rings. The van der Waals surface area contributed by atoms with E-state index in [1.807, 2.05) is 19.9 Å². The summed E-state index contributed by atoms with van der Waals surface area (Å²) in [4.78, 5) is 4.23. The Kier molecular flexibility index (Phi) is 3.59. The third kappa shape index (κ3) is 2.78. The molecule has 0 amide bonds. The molecule has 0 atom stereocenters. The lowest BCUT2D eigenvalue weighted by Gasteiger charge is -2.10. The topological polar surface area (TPSA) is 71.9 Å². The van der Waals surface area contributed by atoms with Gasteiger partial charge >= 0.3 is 0 Å². The van der Waals surface area contributed by atoms with E-state index in [4.69, 9.17) is 27.3 Å². The van der Waals surface area contributed by atoms with Crippen molar-refractivity contribution in [3.05, 3.63) is 46.1 Å². The second-order valence-corrected chi connectivity index (χ2v) is 4.57. The lowest BCUT2D eigenvalue weighted by molar-refractivity contribution is 0.460. The van der Waals surface area contributed by atoms with Gasteiger partial charge in [-0.3, -0.25) is 0 Å². The van der Waals surface area contributed by atoms with Crippen molar-refractivity contribution in [1.29, 1.82) is 5.26 Å². The van der Waals surface area contributed by atoms with Gasteiger partial charge in [-0.15, -0.1) is 0 Å². The Labute approximate surface area is 116 Å². The number of nitrogens with zero attached hydrogens (tertiary/aromatic N) is 2. The van der Waals surface area contributed by atoms with Crippen LogP contribution in [0.3, 0.4) is 0 Å². The zero-order valence-electron chi connectivity index (χ0n) is 10.6. The SMILES string of the molecule is Cc1cc(C)c(C#N)c(Oc2cc(N)ccc2Cl)n1. The molecule has 0 saturated heterocycles. The summed E-state index contributed by atoms with van der Waals surface area (Å²) in [5.41, 5.74) is 8.19. The molecule has 2 N–H and O–H groups in total. The summed E-state index contributed by atoms with van der Waals surface area (Å²) >= 11 is 6.03. The van der Waals surface area contributed by atoms with E-state index in [0.717, 1.165) is 11.3 Å². The molecule has 19 heavy (non-hydrogen) atoms. The number of anilines is 1. The van der Waals surface area contributed by atoms with E-state index >= 15 is 0 Å². The molecule has 2 aromatic rings. The zero-order valence-corrected chi connectivity index (χ0v) is 11.3. The van der Waals surface area contributed by atoms with Crippen LogP contribution >= 0.6 is 11.6 Å². The van der Waals surface area contributed by atoms with Crippen LogP contribution in [0.5, 0.6) is 11.6 Å². The number of benzene rings is 1. The second kappa shape index (κ2) is 5.17. The lowest BCUT2D eigenvalue weighted by atomic mass is 10.1. The van der Waals surface area contributed by atoms with Crippen molar-refractivity contribution in [3.63, 3.8) is 0 Å². The van der Waals surface area contributed by atoms with Crippen LogP contribution in [-0.4, -0.2) is 4.98 Å². The van der Waals surface area contributed by atoms with E-state index in [1.165, 1.54) is 0 Å². The molecule has 0 radical (unpaired) electrons. The predicted molar refractivity (Wildman–Crippen MR) is 74.4 cm³/mol. The molecule has 0 fully saturated rings. The van der Waals surface area contributed by atoms with Gasteiger partial charge < -0.3 is 10.5 Å². The number of halogens is 1. The van der Waals surface area contributed by atoms with Crippen molar-refractivity contribution < 1.29 is 4.74 Å². The van der Waals surface area contributed by atoms with Gasteiger partial charge in [-0.25, -0.2) is 4.98 Å². The molecule has 4 nitrogen and oxygen atoms in total. The maximum Gasteiger partial charge on any atom is 0.237 e. The third-order valence-corrected chi connectivity index (χ3v) is 2.90. The van der Waals surface area contributed by atoms with Crippen molar-refractivity contribution in [2.24, 2.45) is 0 Å². The first-order valence-electron chi connectivity index (χ1n) is 5.62. The van der Waals surface area contributed by atoms with Crippen LogP contribution in [0, 0.1) is 25.2 Å². The van der Waals surface area contributed by atoms with E-state index in [9.17, 15) is 0 Å². The molecule has 96 valence electrons. The minimum absolute atomic E-state index is 0.243. The smallest absolute Gasteiger partial charge is 0.237 e. The van der Waals surface area contributed by atoms with Gasteiger partial charge in [-0.1, -0.05) is 11.6 Å². The average molecular weight is 274 g/mol. The number of aryl methyl sites for hydroxylation is 2. The number of hydrogen-bond donors (Lipinski definition) is 1. The molecular weight excluding hydrogens is 262 g/mol. The molecule has 0 saturated carbocycles. The number of ether oxygens (including phenoxy) is 1. The number of hydrogen-bond acceptors (Lipinski definition) is 4. The van der Waals surface area contributed by atoms with Gasteiger partial charge in [-0.05, 0) is 37.6 Å². The third-order valence-electron chi connectivity index (χ3n) is 2.59. The first-order valence-corrected chi connectivity index (χ1v) is 6.00. The minimum Gasteiger partial charge on any atom is -0.436 e. The second-order valence-electron chi connectivity index (χ2n) is 4.16.